The molecule has 0 aromatic heterocycles. The van der Waals surface area contributed by atoms with Crippen molar-refractivity contribution in [3.63, 3.8) is 0 Å². The quantitative estimate of drug-likeness (QED) is 0.459. The van der Waals surface area contributed by atoms with Gasteiger partial charge in [-0.2, -0.15) is 0 Å². The highest BCUT2D eigenvalue weighted by atomic mass is 16.5. The van der Waals surface area contributed by atoms with Gasteiger partial charge in [-0.15, -0.1) is 0 Å². The molecule has 100 valence electrons. The van der Waals surface area contributed by atoms with Gasteiger partial charge in [0.1, 0.15) is 0 Å². The van der Waals surface area contributed by atoms with Crippen molar-refractivity contribution in [1.82, 2.24) is 0 Å². The average Bonchev–Trinajstić information content (AvgIpc) is 2.44. The molecule has 0 unspecified atom stereocenters. The van der Waals surface area contributed by atoms with E-state index in [0.29, 0.717) is 5.57 Å². The summed E-state index contributed by atoms with van der Waals surface area (Å²) in [6.07, 6.45) is 9.67. The first-order valence-corrected chi connectivity index (χ1v) is 5.86. The molecule has 1 aromatic rings. The summed E-state index contributed by atoms with van der Waals surface area (Å²) in [5.74, 6) is -0.347. The number of benzene rings is 1. The standard InChI is InChI=1S/C12H12.C5H8O2/c1-2-3-4-6-9-12-10-7-5-8-11-12;1-4(2)5(6)7-3/h2-11H,1H2;1H2,2-3H3. The van der Waals surface area contributed by atoms with Crippen LogP contribution in [0, 0.1) is 0 Å². The lowest BCUT2D eigenvalue weighted by molar-refractivity contribution is -0.136. The molecule has 0 N–H and O–H groups in total. The number of hydrogen-bond donors (Lipinski definition) is 0. The minimum absolute atomic E-state index is 0.347. The molecule has 0 aliphatic carbocycles. The normalized spacial score (nSPS) is 9.79. The minimum atomic E-state index is -0.347. The Kier molecular flexibility index (Phi) is 9.45. The molecule has 1 aromatic carbocycles. The van der Waals surface area contributed by atoms with E-state index in [-0.39, 0.29) is 5.97 Å². The van der Waals surface area contributed by atoms with Crippen molar-refractivity contribution < 1.29 is 9.53 Å². The molecule has 2 heteroatoms. The van der Waals surface area contributed by atoms with Crippen LogP contribution in [-0.2, 0) is 9.53 Å². The van der Waals surface area contributed by atoms with Crippen LogP contribution >= 0.6 is 0 Å². The fourth-order valence-electron chi connectivity index (χ4n) is 1.05. The molecule has 19 heavy (non-hydrogen) atoms. The van der Waals surface area contributed by atoms with Crippen molar-refractivity contribution in [1.29, 1.82) is 0 Å². The van der Waals surface area contributed by atoms with Crippen molar-refractivity contribution in [3.05, 3.63) is 78.9 Å². The fourth-order valence-corrected chi connectivity index (χ4v) is 1.05. The van der Waals surface area contributed by atoms with Gasteiger partial charge in [0, 0.05) is 5.57 Å². The van der Waals surface area contributed by atoms with Crippen LogP contribution in [0.1, 0.15) is 12.5 Å². The molecular weight excluding hydrogens is 236 g/mol. The van der Waals surface area contributed by atoms with E-state index in [4.69, 9.17) is 0 Å². The molecule has 0 radical (unpaired) electrons. The van der Waals surface area contributed by atoms with Gasteiger partial charge in [-0.25, -0.2) is 4.79 Å². The van der Waals surface area contributed by atoms with E-state index in [1.165, 1.54) is 12.7 Å². The third-order valence-electron chi connectivity index (χ3n) is 1.98. The molecule has 0 fully saturated rings. The second-order valence-electron chi connectivity index (χ2n) is 3.66. The molecule has 0 aliphatic heterocycles. The number of allylic oxidation sites excluding steroid dienone is 4. The van der Waals surface area contributed by atoms with Crippen molar-refractivity contribution in [3.8, 4) is 0 Å². The molecule has 2 nitrogen and oxygen atoms in total. The lowest BCUT2D eigenvalue weighted by Gasteiger charge is -1.91. The second-order valence-corrected chi connectivity index (χ2v) is 3.66. The molecule has 0 spiro atoms. The van der Waals surface area contributed by atoms with E-state index in [9.17, 15) is 4.79 Å². The Bertz CT molecular complexity index is 453. The molecule has 0 amide bonds. The highest BCUT2D eigenvalue weighted by molar-refractivity contribution is 5.86. The van der Waals surface area contributed by atoms with E-state index in [2.05, 4.69) is 36.1 Å². The van der Waals surface area contributed by atoms with Crippen LogP contribution in [0.3, 0.4) is 0 Å². The lowest BCUT2D eigenvalue weighted by atomic mass is 10.2. The van der Waals surface area contributed by atoms with Crippen LogP contribution in [-0.4, -0.2) is 13.1 Å². The third kappa shape index (κ3) is 9.36. The fraction of sp³-hybridized carbons (Fsp3) is 0.118. The Hall–Kier alpha value is -2.35. The number of methoxy groups -OCH3 is 1. The SMILES string of the molecule is C=C(C)C(=O)OC.C=CC=CC=Cc1ccccc1. The van der Waals surface area contributed by atoms with E-state index in [1.807, 2.05) is 36.4 Å². The zero-order valence-corrected chi connectivity index (χ0v) is 11.5. The second kappa shape index (κ2) is 10.8. The Labute approximate surface area is 115 Å². The maximum atomic E-state index is 10.2. The summed E-state index contributed by atoms with van der Waals surface area (Å²) in [6, 6.07) is 10.2. The monoisotopic (exact) mass is 256 g/mol. The summed E-state index contributed by atoms with van der Waals surface area (Å²) >= 11 is 0. The van der Waals surface area contributed by atoms with Crippen LogP contribution in [0.25, 0.3) is 6.08 Å². The van der Waals surface area contributed by atoms with Gasteiger partial charge in [0.05, 0.1) is 7.11 Å². The van der Waals surface area contributed by atoms with Gasteiger partial charge in [-0.05, 0) is 12.5 Å². The first-order chi connectivity index (χ1) is 9.11. The van der Waals surface area contributed by atoms with E-state index in [0.717, 1.165) is 0 Å². The topological polar surface area (TPSA) is 26.3 Å². The number of ether oxygens (including phenoxy) is 1. The zero-order chi connectivity index (χ0) is 14.5. The predicted molar refractivity (Wildman–Crippen MR) is 81.6 cm³/mol. The number of esters is 1. The van der Waals surface area contributed by atoms with Gasteiger partial charge >= 0.3 is 5.97 Å². The van der Waals surface area contributed by atoms with E-state index < -0.39 is 0 Å². The molecule has 1 rings (SSSR count). The molecular formula is C17H20O2. The molecule has 0 saturated heterocycles. The van der Waals surface area contributed by atoms with Crippen molar-refractivity contribution in [2.75, 3.05) is 7.11 Å². The summed E-state index contributed by atoms with van der Waals surface area (Å²) in [5.41, 5.74) is 1.65. The van der Waals surface area contributed by atoms with Gasteiger partial charge in [0.15, 0.2) is 0 Å². The van der Waals surface area contributed by atoms with E-state index in [1.54, 1.807) is 13.0 Å². The summed E-state index contributed by atoms with van der Waals surface area (Å²) < 4.78 is 4.27. The van der Waals surface area contributed by atoms with Crippen molar-refractivity contribution in [2.45, 2.75) is 6.92 Å². The van der Waals surface area contributed by atoms with Gasteiger partial charge in [-0.3, -0.25) is 0 Å². The van der Waals surface area contributed by atoms with Crippen LogP contribution in [0.5, 0.6) is 0 Å². The Balaban J connectivity index is 0.000000399. The van der Waals surface area contributed by atoms with Crippen LogP contribution in [0.15, 0.2) is 73.4 Å². The van der Waals surface area contributed by atoms with Gasteiger partial charge in [0.2, 0.25) is 0 Å². The smallest absolute Gasteiger partial charge is 0.332 e. The number of carbonyl (C=O) groups is 1. The predicted octanol–water partition coefficient (Wildman–Crippen LogP) is 4.18. The number of carbonyl (C=O) groups excluding carboxylic acids is 1. The number of hydrogen-bond acceptors (Lipinski definition) is 2. The van der Waals surface area contributed by atoms with Gasteiger partial charge in [-0.1, -0.05) is 73.9 Å². The van der Waals surface area contributed by atoms with Crippen molar-refractivity contribution in [2.24, 2.45) is 0 Å². The summed E-state index contributed by atoms with van der Waals surface area (Å²) in [6.45, 7) is 8.54. The molecule has 0 aliphatic rings. The van der Waals surface area contributed by atoms with Crippen molar-refractivity contribution >= 4 is 12.0 Å². The van der Waals surface area contributed by atoms with Crippen LogP contribution in [0.4, 0.5) is 0 Å². The highest BCUT2D eigenvalue weighted by Crippen LogP contribution is 2.00. The Morgan fingerprint density at radius 1 is 1.16 bits per heavy atom. The summed E-state index contributed by atoms with van der Waals surface area (Å²) in [4.78, 5) is 10.2. The summed E-state index contributed by atoms with van der Waals surface area (Å²) in [7, 11) is 1.33. The maximum absolute atomic E-state index is 10.2. The molecule has 0 heterocycles. The molecule has 0 bridgehead atoms. The zero-order valence-electron chi connectivity index (χ0n) is 11.5. The number of rotatable bonds is 4. The van der Waals surface area contributed by atoms with Crippen LogP contribution in [0.2, 0.25) is 0 Å². The van der Waals surface area contributed by atoms with Gasteiger partial charge < -0.3 is 4.74 Å². The minimum Gasteiger partial charge on any atom is -0.466 e. The Morgan fingerprint density at radius 2 is 1.79 bits per heavy atom. The van der Waals surface area contributed by atoms with Crippen LogP contribution < -0.4 is 0 Å². The summed E-state index contributed by atoms with van der Waals surface area (Å²) in [5, 5.41) is 0. The maximum Gasteiger partial charge on any atom is 0.332 e. The first-order valence-electron chi connectivity index (χ1n) is 5.86. The first kappa shape index (κ1) is 16.7. The van der Waals surface area contributed by atoms with E-state index >= 15 is 0 Å². The largest absolute Gasteiger partial charge is 0.466 e. The average molecular weight is 256 g/mol. The lowest BCUT2D eigenvalue weighted by Crippen LogP contribution is -1.98. The van der Waals surface area contributed by atoms with Gasteiger partial charge in [0.25, 0.3) is 0 Å². The molecule has 0 saturated carbocycles. The Morgan fingerprint density at radius 3 is 2.21 bits per heavy atom. The molecule has 0 atom stereocenters. The third-order valence-corrected chi connectivity index (χ3v) is 1.98. The highest BCUT2D eigenvalue weighted by Gasteiger charge is 1.95.